The molecule has 1 amide bonds. The first-order chi connectivity index (χ1) is 10.0. The minimum Gasteiger partial charge on any atom is -0.488 e. The molecule has 0 aromatic heterocycles. The fraction of sp³-hybridized carbons (Fsp3) is 0.0625. The highest BCUT2D eigenvalue weighted by Gasteiger charge is 2.02. The third-order valence-electron chi connectivity index (χ3n) is 2.70. The molecule has 2 rings (SSSR count). The van der Waals surface area contributed by atoms with Gasteiger partial charge in [0, 0.05) is 11.1 Å². The summed E-state index contributed by atoms with van der Waals surface area (Å²) in [6, 6.07) is 13.0. The van der Waals surface area contributed by atoms with Gasteiger partial charge in [0.2, 0.25) is 5.91 Å². The predicted octanol–water partition coefficient (Wildman–Crippen LogP) is 4.18. The van der Waals surface area contributed by atoms with E-state index < -0.39 is 5.91 Å². The maximum Gasteiger partial charge on any atom is 0.241 e. The predicted molar refractivity (Wildman–Crippen MR) is 88.2 cm³/mol. The quantitative estimate of drug-likeness (QED) is 0.807. The zero-order valence-corrected chi connectivity index (χ0v) is 13.4. The summed E-state index contributed by atoms with van der Waals surface area (Å²) in [5, 5.41) is 0.700. The summed E-state index contributed by atoms with van der Waals surface area (Å²) in [7, 11) is 0. The largest absolute Gasteiger partial charge is 0.488 e. The minimum absolute atomic E-state index is 0.451. The van der Waals surface area contributed by atoms with E-state index in [-0.39, 0.29) is 0 Å². The lowest BCUT2D eigenvalue weighted by atomic mass is 10.2. The monoisotopic (exact) mass is 365 g/mol. The number of rotatable bonds is 5. The van der Waals surface area contributed by atoms with Crippen molar-refractivity contribution in [3.8, 4) is 5.75 Å². The molecule has 0 saturated heterocycles. The van der Waals surface area contributed by atoms with Crippen molar-refractivity contribution in [2.75, 3.05) is 0 Å². The highest BCUT2D eigenvalue weighted by Crippen LogP contribution is 2.27. The summed E-state index contributed by atoms with van der Waals surface area (Å²) in [4.78, 5) is 10.7. The molecular formula is C16H13BrClNO2. The summed E-state index contributed by atoms with van der Waals surface area (Å²) in [6.45, 7) is 0.451. The standard InChI is InChI=1S/C16H13BrClNO2/c17-14-9-11(4-8-16(19)20)3-7-15(14)21-10-12-1-5-13(18)6-2-12/h1-9H,10H2,(H2,19,20)/b8-4+. The Bertz CT molecular complexity index is 668. The molecule has 3 nitrogen and oxygen atoms in total. The SMILES string of the molecule is NC(=O)/C=C/c1ccc(OCc2ccc(Cl)cc2)c(Br)c1. The number of hydrogen-bond donors (Lipinski definition) is 1. The Morgan fingerprint density at radius 1 is 1.24 bits per heavy atom. The van der Waals surface area contributed by atoms with E-state index in [1.807, 2.05) is 42.5 Å². The number of amides is 1. The molecule has 0 unspecified atom stereocenters. The summed E-state index contributed by atoms with van der Waals surface area (Å²) < 4.78 is 6.55. The van der Waals surface area contributed by atoms with Crippen molar-refractivity contribution in [1.29, 1.82) is 0 Å². The van der Waals surface area contributed by atoms with Crippen molar-refractivity contribution >= 4 is 39.5 Å². The van der Waals surface area contributed by atoms with E-state index in [2.05, 4.69) is 15.9 Å². The number of ether oxygens (including phenoxy) is 1. The third kappa shape index (κ3) is 4.92. The topological polar surface area (TPSA) is 52.3 Å². The molecule has 2 aromatic rings. The average molecular weight is 367 g/mol. The smallest absolute Gasteiger partial charge is 0.241 e. The first kappa shape index (κ1) is 15.6. The second-order valence-corrected chi connectivity index (χ2v) is 5.63. The first-order valence-corrected chi connectivity index (χ1v) is 7.36. The Labute approximate surface area is 136 Å². The zero-order chi connectivity index (χ0) is 15.2. The van der Waals surface area contributed by atoms with Gasteiger partial charge >= 0.3 is 0 Å². The zero-order valence-electron chi connectivity index (χ0n) is 11.1. The highest BCUT2D eigenvalue weighted by molar-refractivity contribution is 9.10. The number of carbonyl (C=O) groups excluding carboxylic acids is 1. The molecule has 2 N–H and O–H groups in total. The van der Waals surface area contributed by atoms with Crippen LogP contribution in [0.15, 0.2) is 53.0 Å². The summed E-state index contributed by atoms with van der Waals surface area (Å²) in [5.41, 5.74) is 6.95. The molecule has 0 aliphatic carbocycles. The van der Waals surface area contributed by atoms with Crippen LogP contribution in [-0.2, 0) is 11.4 Å². The normalized spacial score (nSPS) is 10.8. The molecule has 0 aliphatic rings. The molecule has 5 heteroatoms. The molecule has 2 aromatic carbocycles. The van der Waals surface area contributed by atoms with Crippen LogP contribution in [0.5, 0.6) is 5.75 Å². The number of primary amides is 1. The van der Waals surface area contributed by atoms with Crippen LogP contribution in [-0.4, -0.2) is 5.91 Å². The van der Waals surface area contributed by atoms with Crippen molar-refractivity contribution in [3.05, 3.63) is 69.2 Å². The van der Waals surface area contributed by atoms with Crippen molar-refractivity contribution in [1.82, 2.24) is 0 Å². The van der Waals surface area contributed by atoms with E-state index in [0.717, 1.165) is 21.3 Å². The second kappa shape index (κ2) is 7.29. The maximum atomic E-state index is 10.7. The van der Waals surface area contributed by atoms with Gasteiger partial charge in [-0.15, -0.1) is 0 Å². The number of benzene rings is 2. The van der Waals surface area contributed by atoms with Crippen LogP contribution in [0.4, 0.5) is 0 Å². The molecule has 108 valence electrons. The number of hydrogen-bond acceptors (Lipinski definition) is 2. The van der Waals surface area contributed by atoms with Crippen LogP contribution in [0.3, 0.4) is 0 Å². The second-order valence-electron chi connectivity index (χ2n) is 4.34. The number of nitrogens with two attached hydrogens (primary N) is 1. The molecule has 0 atom stereocenters. The lowest BCUT2D eigenvalue weighted by Crippen LogP contribution is -2.05. The number of carbonyl (C=O) groups is 1. The maximum absolute atomic E-state index is 10.7. The minimum atomic E-state index is -0.478. The lowest BCUT2D eigenvalue weighted by molar-refractivity contribution is -0.113. The molecule has 0 aliphatic heterocycles. The van der Waals surface area contributed by atoms with Gasteiger partial charge in [-0.3, -0.25) is 4.79 Å². The van der Waals surface area contributed by atoms with Gasteiger partial charge in [-0.2, -0.15) is 0 Å². The molecule has 0 bridgehead atoms. The fourth-order valence-corrected chi connectivity index (χ4v) is 2.29. The van der Waals surface area contributed by atoms with Gasteiger partial charge in [-0.25, -0.2) is 0 Å². The van der Waals surface area contributed by atoms with Crippen LogP contribution < -0.4 is 10.5 Å². The molecule has 0 saturated carbocycles. The van der Waals surface area contributed by atoms with Gasteiger partial charge in [0.05, 0.1) is 4.47 Å². The van der Waals surface area contributed by atoms with E-state index in [0.29, 0.717) is 11.6 Å². The van der Waals surface area contributed by atoms with E-state index in [1.165, 1.54) is 6.08 Å². The van der Waals surface area contributed by atoms with Crippen LogP contribution in [0.1, 0.15) is 11.1 Å². The Hall–Kier alpha value is -1.78. The van der Waals surface area contributed by atoms with Gasteiger partial charge in [-0.05, 0) is 57.4 Å². The van der Waals surface area contributed by atoms with Gasteiger partial charge < -0.3 is 10.5 Å². The van der Waals surface area contributed by atoms with Gasteiger partial charge in [0.15, 0.2) is 0 Å². The van der Waals surface area contributed by atoms with Crippen LogP contribution >= 0.6 is 27.5 Å². The van der Waals surface area contributed by atoms with E-state index in [4.69, 9.17) is 22.1 Å². The summed E-state index contributed by atoms with van der Waals surface area (Å²) >= 11 is 9.28. The third-order valence-corrected chi connectivity index (χ3v) is 3.58. The highest BCUT2D eigenvalue weighted by atomic mass is 79.9. The molecule has 21 heavy (non-hydrogen) atoms. The van der Waals surface area contributed by atoms with Crippen molar-refractivity contribution in [3.63, 3.8) is 0 Å². The average Bonchev–Trinajstić information content (AvgIpc) is 2.46. The van der Waals surface area contributed by atoms with E-state index in [1.54, 1.807) is 6.08 Å². The van der Waals surface area contributed by atoms with E-state index in [9.17, 15) is 4.79 Å². The fourth-order valence-electron chi connectivity index (χ4n) is 1.66. The van der Waals surface area contributed by atoms with Crippen LogP contribution in [0.2, 0.25) is 5.02 Å². The van der Waals surface area contributed by atoms with E-state index >= 15 is 0 Å². The van der Waals surface area contributed by atoms with Gasteiger partial charge in [-0.1, -0.05) is 29.8 Å². The Morgan fingerprint density at radius 2 is 1.95 bits per heavy atom. The number of halogens is 2. The van der Waals surface area contributed by atoms with Crippen LogP contribution in [0, 0.1) is 0 Å². The molecule has 0 fully saturated rings. The van der Waals surface area contributed by atoms with Gasteiger partial charge in [0.1, 0.15) is 12.4 Å². The van der Waals surface area contributed by atoms with Crippen molar-refractivity contribution < 1.29 is 9.53 Å². The Balaban J connectivity index is 2.04. The van der Waals surface area contributed by atoms with Crippen LogP contribution in [0.25, 0.3) is 6.08 Å². The molecule has 0 heterocycles. The lowest BCUT2D eigenvalue weighted by Gasteiger charge is -2.09. The van der Waals surface area contributed by atoms with Crippen molar-refractivity contribution in [2.24, 2.45) is 5.73 Å². The first-order valence-electron chi connectivity index (χ1n) is 6.19. The molecular weight excluding hydrogens is 354 g/mol. The summed E-state index contributed by atoms with van der Waals surface area (Å²) in [6.07, 6.45) is 2.96. The van der Waals surface area contributed by atoms with Crippen molar-refractivity contribution in [2.45, 2.75) is 6.61 Å². The molecule has 0 spiro atoms. The summed E-state index contributed by atoms with van der Waals surface area (Å²) in [5.74, 6) is 0.246. The Morgan fingerprint density at radius 3 is 2.57 bits per heavy atom. The Kier molecular flexibility index (Phi) is 5.42. The molecule has 0 radical (unpaired) electrons. The van der Waals surface area contributed by atoms with Gasteiger partial charge in [0.25, 0.3) is 0 Å².